The second kappa shape index (κ2) is 6.64. The number of pyridine rings is 1. The molecule has 138 valence electrons. The molecule has 2 heterocycles. The topological polar surface area (TPSA) is 91.3 Å². The van der Waals surface area contributed by atoms with E-state index in [2.05, 4.69) is 15.0 Å². The fourth-order valence-electron chi connectivity index (χ4n) is 3.51. The lowest BCUT2D eigenvalue weighted by molar-refractivity contribution is 0.265. The Morgan fingerprint density at radius 2 is 2.00 bits per heavy atom. The third kappa shape index (κ3) is 3.34. The van der Waals surface area contributed by atoms with Gasteiger partial charge in [0.25, 0.3) is 0 Å². The van der Waals surface area contributed by atoms with Crippen LogP contribution in [0.25, 0.3) is 11.1 Å². The number of sulfonamides is 1. The molecule has 1 aliphatic carbocycles. The number of aliphatic hydroxyl groups excluding tert-OH is 1. The number of hydrogen-bond donors (Lipinski definition) is 3. The van der Waals surface area contributed by atoms with Gasteiger partial charge in [-0.3, -0.25) is 0 Å². The highest BCUT2D eigenvalue weighted by Crippen LogP contribution is 2.42. The molecule has 1 aliphatic heterocycles. The van der Waals surface area contributed by atoms with Gasteiger partial charge in [0.15, 0.2) is 0 Å². The standard InChI is InChI=1S/C19H23N3O3S/c1-12(11-23)22-26(24,25)15-6-4-13(5-7-15)16-8-9-20-19-17(16)10-18(21-19)14-2-3-14/h4-9,12,14,18,22-23H,2-3,10-11H2,1H3,(H,20,21)/t12-,18?/m0/s1. The van der Waals surface area contributed by atoms with Crippen LogP contribution in [-0.2, 0) is 16.4 Å². The first kappa shape index (κ1) is 17.5. The van der Waals surface area contributed by atoms with Gasteiger partial charge in [-0.2, -0.15) is 0 Å². The van der Waals surface area contributed by atoms with Crippen molar-refractivity contribution in [3.05, 3.63) is 42.1 Å². The lowest BCUT2D eigenvalue weighted by Gasteiger charge is -2.12. The first-order chi connectivity index (χ1) is 12.5. The number of nitrogens with one attached hydrogen (secondary N) is 2. The summed E-state index contributed by atoms with van der Waals surface area (Å²) in [4.78, 5) is 4.66. The number of fused-ring (bicyclic) bond motifs is 1. The molecule has 2 aliphatic rings. The fourth-order valence-corrected chi connectivity index (χ4v) is 4.74. The number of aromatic nitrogens is 1. The summed E-state index contributed by atoms with van der Waals surface area (Å²) in [6, 6.07) is 8.82. The molecule has 1 unspecified atom stereocenters. The highest BCUT2D eigenvalue weighted by Gasteiger charge is 2.36. The normalized spacial score (nSPS) is 20.5. The van der Waals surface area contributed by atoms with Crippen molar-refractivity contribution >= 4 is 15.8 Å². The average molecular weight is 373 g/mol. The first-order valence-electron chi connectivity index (χ1n) is 8.96. The Bertz CT molecular complexity index is 908. The fraction of sp³-hybridized carbons (Fsp3) is 0.421. The maximum absolute atomic E-state index is 12.3. The molecular weight excluding hydrogens is 350 g/mol. The monoisotopic (exact) mass is 373 g/mol. The van der Waals surface area contributed by atoms with E-state index in [0.29, 0.717) is 6.04 Å². The summed E-state index contributed by atoms with van der Waals surface area (Å²) in [5.74, 6) is 1.71. The van der Waals surface area contributed by atoms with Crippen LogP contribution in [0.1, 0.15) is 25.3 Å². The Balaban J connectivity index is 1.60. The molecule has 0 saturated heterocycles. The summed E-state index contributed by atoms with van der Waals surface area (Å²) in [7, 11) is -3.63. The number of rotatable bonds is 6. The van der Waals surface area contributed by atoms with E-state index in [9.17, 15) is 8.42 Å². The Labute approximate surface area is 153 Å². The van der Waals surface area contributed by atoms with Gasteiger partial charge in [0.2, 0.25) is 10.0 Å². The Morgan fingerprint density at radius 3 is 2.65 bits per heavy atom. The Kier molecular flexibility index (Phi) is 4.46. The molecule has 7 heteroatoms. The van der Waals surface area contributed by atoms with Crippen LogP contribution in [0.15, 0.2) is 41.4 Å². The number of benzene rings is 1. The summed E-state index contributed by atoms with van der Waals surface area (Å²) in [6.07, 6.45) is 5.34. The van der Waals surface area contributed by atoms with Crippen LogP contribution in [0, 0.1) is 5.92 Å². The van der Waals surface area contributed by atoms with Crippen molar-refractivity contribution in [1.82, 2.24) is 9.71 Å². The van der Waals surface area contributed by atoms with Gasteiger partial charge < -0.3 is 10.4 Å². The van der Waals surface area contributed by atoms with Gasteiger partial charge in [-0.15, -0.1) is 0 Å². The average Bonchev–Trinajstić information content (AvgIpc) is 3.39. The summed E-state index contributed by atoms with van der Waals surface area (Å²) in [5, 5.41) is 12.6. The van der Waals surface area contributed by atoms with Crippen LogP contribution in [0.3, 0.4) is 0 Å². The van der Waals surface area contributed by atoms with E-state index in [4.69, 9.17) is 5.11 Å². The van der Waals surface area contributed by atoms with Crippen LogP contribution in [0.5, 0.6) is 0 Å². The summed E-state index contributed by atoms with van der Waals surface area (Å²) < 4.78 is 27.1. The largest absolute Gasteiger partial charge is 0.395 e. The van der Waals surface area contributed by atoms with E-state index in [1.54, 1.807) is 25.3 Å². The van der Waals surface area contributed by atoms with Crippen molar-refractivity contribution in [2.75, 3.05) is 11.9 Å². The number of hydrogen-bond acceptors (Lipinski definition) is 5. The molecule has 2 atom stereocenters. The maximum atomic E-state index is 12.3. The molecule has 3 N–H and O–H groups in total. The van der Waals surface area contributed by atoms with Crippen LogP contribution in [0.2, 0.25) is 0 Å². The predicted molar refractivity (Wildman–Crippen MR) is 100 cm³/mol. The van der Waals surface area contributed by atoms with Crippen LogP contribution >= 0.6 is 0 Å². The summed E-state index contributed by atoms with van der Waals surface area (Å²) >= 11 is 0. The van der Waals surface area contributed by atoms with E-state index < -0.39 is 16.1 Å². The number of aliphatic hydroxyl groups is 1. The van der Waals surface area contributed by atoms with Crippen molar-refractivity contribution in [2.24, 2.45) is 5.92 Å². The molecule has 1 aromatic heterocycles. The molecule has 6 nitrogen and oxygen atoms in total. The van der Waals surface area contributed by atoms with Crippen molar-refractivity contribution in [1.29, 1.82) is 0 Å². The summed E-state index contributed by atoms with van der Waals surface area (Å²) in [5.41, 5.74) is 3.30. The van der Waals surface area contributed by atoms with Crippen LogP contribution in [0.4, 0.5) is 5.82 Å². The molecule has 0 radical (unpaired) electrons. The Hall–Kier alpha value is -1.96. The quantitative estimate of drug-likeness (QED) is 0.722. The third-order valence-corrected chi connectivity index (χ3v) is 6.70. The smallest absolute Gasteiger partial charge is 0.240 e. The number of anilines is 1. The highest BCUT2D eigenvalue weighted by atomic mass is 32.2. The molecule has 0 amide bonds. The van der Waals surface area contributed by atoms with E-state index in [-0.39, 0.29) is 11.5 Å². The van der Waals surface area contributed by atoms with Crippen molar-refractivity contribution in [2.45, 2.75) is 43.2 Å². The minimum atomic E-state index is -3.63. The molecule has 26 heavy (non-hydrogen) atoms. The molecule has 1 saturated carbocycles. The van der Waals surface area contributed by atoms with Crippen molar-refractivity contribution < 1.29 is 13.5 Å². The van der Waals surface area contributed by atoms with Gasteiger partial charge in [0, 0.05) is 23.8 Å². The highest BCUT2D eigenvalue weighted by molar-refractivity contribution is 7.89. The minimum Gasteiger partial charge on any atom is -0.395 e. The molecule has 1 aromatic carbocycles. The van der Waals surface area contributed by atoms with Gasteiger partial charge in [-0.1, -0.05) is 12.1 Å². The molecule has 1 fully saturated rings. The van der Waals surface area contributed by atoms with Gasteiger partial charge in [0.1, 0.15) is 5.82 Å². The van der Waals surface area contributed by atoms with Gasteiger partial charge in [0.05, 0.1) is 11.5 Å². The Morgan fingerprint density at radius 1 is 1.27 bits per heavy atom. The summed E-state index contributed by atoms with van der Waals surface area (Å²) in [6.45, 7) is 1.38. The molecule has 0 spiro atoms. The minimum absolute atomic E-state index is 0.196. The lowest BCUT2D eigenvalue weighted by atomic mass is 9.98. The number of nitrogens with zero attached hydrogens (tertiary/aromatic N) is 1. The van der Waals surface area contributed by atoms with E-state index >= 15 is 0 Å². The van der Waals surface area contributed by atoms with Crippen LogP contribution in [-0.4, -0.2) is 37.2 Å². The third-order valence-electron chi connectivity index (χ3n) is 5.10. The van der Waals surface area contributed by atoms with Crippen molar-refractivity contribution in [3.63, 3.8) is 0 Å². The van der Waals surface area contributed by atoms with Crippen LogP contribution < -0.4 is 10.0 Å². The second-order valence-electron chi connectivity index (χ2n) is 7.21. The second-order valence-corrected chi connectivity index (χ2v) is 8.92. The van der Waals surface area contributed by atoms with Gasteiger partial charge in [-0.05, 0) is 61.4 Å². The zero-order chi connectivity index (χ0) is 18.3. The molecule has 4 rings (SSSR count). The van der Waals surface area contributed by atoms with E-state index in [1.165, 1.54) is 18.4 Å². The SMILES string of the molecule is C[C@@H](CO)NS(=O)(=O)c1ccc(-c2ccnc3c2CC(C2CC2)N3)cc1. The molecular formula is C19H23N3O3S. The van der Waals surface area contributed by atoms with Gasteiger partial charge in [-0.25, -0.2) is 18.1 Å². The zero-order valence-electron chi connectivity index (χ0n) is 14.6. The zero-order valence-corrected chi connectivity index (χ0v) is 15.5. The predicted octanol–water partition coefficient (Wildman–Crippen LogP) is 2.15. The molecule has 0 bridgehead atoms. The van der Waals surface area contributed by atoms with Crippen molar-refractivity contribution in [3.8, 4) is 11.1 Å². The maximum Gasteiger partial charge on any atom is 0.240 e. The first-order valence-corrected chi connectivity index (χ1v) is 10.4. The van der Waals surface area contributed by atoms with Gasteiger partial charge >= 0.3 is 0 Å². The van der Waals surface area contributed by atoms with E-state index in [0.717, 1.165) is 29.3 Å². The molecule has 2 aromatic rings. The van der Waals surface area contributed by atoms with E-state index in [1.807, 2.05) is 18.2 Å². The lowest BCUT2D eigenvalue weighted by Crippen LogP contribution is -2.34.